The number of carbonyl (C=O) groups is 1. The maximum Gasteiger partial charge on any atom is 0.157 e. The van der Waals surface area contributed by atoms with Crippen molar-refractivity contribution in [2.75, 3.05) is 0 Å². The number of hydrogen-bond donors (Lipinski definition) is 0. The second-order valence-electron chi connectivity index (χ2n) is 3.80. The van der Waals surface area contributed by atoms with Crippen LogP contribution in [0.3, 0.4) is 0 Å². The summed E-state index contributed by atoms with van der Waals surface area (Å²) in [5, 5.41) is 4.12. The minimum absolute atomic E-state index is 0.303. The van der Waals surface area contributed by atoms with Crippen LogP contribution in [0.4, 0.5) is 0 Å². The van der Waals surface area contributed by atoms with E-state index < -0.39 is 0 Å². The fraction of sp³-hybridized carbons (Fsp3) is 0.600. The number of aromatic nitrogens is 2. The molecule has 3 nitrogen and oxygen atoms in total. The van der Waals surface area contributed by atoms with Gasteiger partial charge in [-0.05, 0) is 35.4 Å². The third kappa shape index (κ3) is 2.34. The number of carbonyl (C=O) groups excluding carboxylic acids is 1. The number of hydrogen-bond acceptors (Lipinski definition) is 2. The molecule has 1 saturated carbocycles. The van der Waals surface area contributed by atoms with Crippen molar-refractivity contribution >= 4 is 28.4 Å². The van der Waals surface area contributed by atoms with Crippen LogP contribution in [0.5, 0.6) is 0 Å². The van der Waals surface area contributed by atoms with Crippen molar-refractivity contribution in [3.63, 3.8) is 0 Å². The molecule has 1 aromatic rings. The van der Waals surface area contributed by atoms with Gasteiger partial charge in [0, 0.05) is 12.1 Å². The zero-order chi connectivity index (χ0) is 9.97. The summed E-state index contributed by atoms with van der Waals surface area (Å²) in [4.78, 5) is 11.8. The normalized spacial score (nSPS) is 17.5. The third-order valence-electron chi connectivity index (χ3n) is 2.73. The van der Waals surface area contributed by atoms with Crippen molar-refractivity contribution in [1.82, 2.24) is 9.78 Å². The molecule has 76 valence electrons. The highest BCUT2D eigenvalue weighted by Crippen LogP contribution is 2.25. The lowest BCUT2D eigenvalue weighted by molar-refractivity contribution is -0.123. The van der Waals surface area contributed by atoms with Crippen LogP contribution in [-0.2, 0) is 11.3 Å². The van der Waals surface area contributed by atoms with E-state index in [0.29, 0.717) is 18.2 Å². The van der Waals surface area contributed by atoms with Crippen LogP contribution in [0.2, 0.25) is 0 Å². The van der Waals surface area contributed by atoms with Crippen LogP contribution < -0.4 is 0 Å². The Morgan fingerprint density at radius 3 is 2.86 bits per heavy atom. The third-order valence-corrected chi connectivity index (χ3v) is 3.29. The molecule has 0 N–H and O–H groups in total. The first-order valence-corrected chi connectivity index (χ1v) is 6.04. The molecule has 4 heteroatoms. The van der Waals surface area contributed by atoms with Crippen LogP contribution in [0.25, 0.3) is 0 Å². The SMILES string of the molecule is O=C(Cn1cc(I)cn1)C1CCCC1. The molecular formula is C10H13IN2O. The molecule has 1 heterocycles. The zero-order valence-electron chi connectivity index (χ0n) is 7.95. The summed E-state index contributed by atoms with van der Waals surface area (Å²) in [7, 11) is 0. The quantitative estimate of drug-likeness (QED) is 0.803. The smallest absolute Gasteiger partial charge is 0.157 e. The lowest BCUT2D eigenvalue weighted by Gasteiger charge is -2.07. The molecule has 2 rings (SSSR count). The second kappa shape index (κ2) is 4.42. The summed E-state index contributed by atoms with van der Waals surface area (Å²) < 4.78 is 2.82. The van der Waals surface area contributed by atoms with Gasteiger partial charge in [-0.15, -0.1) is 0 Å². The van der Waals surface area contributed by atoms with E-state index in [1.165, 1.54) is 12.8 Å². The van der Waals surface area contributed by atoms with Gasteiger partial charge in [0.1, 0.15) is 0 Å². The average Bonchev–Trinajstić information content (AvgIpc) is 2.75. The first-order chi connectivity index (χ1) is 6.75. The van der Waals surface area contributed by atoms with Crippen molar-refractivity contribution in [2.24, 2.45) is 5.92 Å². The van der Waals surface area contributed by atoms with Crippen LogP contribution in [0.1, 0.15) is 25.7 Å². The second-order valence-corrected chi connectivity index (χ2v) is 5.05. The topological polar surface area (TPSA) is 34.9 Å². The molecule has 0 amide bonds. The van der Waals surface area contributed by atoms with Crippen LogP contribution in [-0.4, -0.2) is 15.6 Å². The minimum Gasteiger partial charge on any atom is -0.297 e. The summed E-state index contributed by atoms with van der Waals surface area (Å²) in [6, 6.07) is 0. The highest BCUT2D eigenvalue weighted by molar-refractivity contribution is 14.1. The molecule has 1 aliphatic rings. The van der Waals surface area contributed by atoms with Crippen LogP contribution in [0, 0.1) is 9.49 Å². The molecule has 0 aliphatic heterocycles. The standard InChI is InChI=1S/C10H13IN2O/c11-9-5-12-13(6-9)7-10(14)8-3-1-2-4-8/h5-6,8H,1-4,7H2. The molecule has 0 saturated heterocycles. The maximum absolute atomic E-state index is 11.8. The van der Waals surface area contributed by atoms with Gasteiger partial charge in [0.05, 0.1) is 16.3 Å². The van der Waals surface area contributed by atoms with Gasteiger partial charge in [-0.3, -0.25) is 9.48 Å². The predicted octanol–water partition coefficient (Wildman–Crippen LogP) is 2.25. The van der Waals surface area contributed by atoms with Gasteiger partial charge >= 0.3 is 0 Å². The average molecular weight is 304 g/mol. The van der Waals surface area contributed by atoms with Gasteiger partial charge < -0.3 is 0 Å². The van der Waals surface area contributed by atoms with Gasteiger partial charge in [-0.25, -0.2) is 0 Å². The van der Waals surface area contributed by atoms with E-state index in [4.69, 9.17) is 0 Å². The lowest BCUT2D eigenvalue weighted by Crippen LogP contribution is -2.18. The first kappa shape index (κ1) is 10.1. The number of nitrogens with zero attached hydrogens (tertiary/aromatic N) is 2. The Kier molecular flexibility index (Phi) is 3.20. The predicted molar refractivity (Wildman–Crippen MR) is 61.9 cm³/mol. The van der Waals surface area contributed by atoms with E-state index in [-0.39, 0.29) is 0 Å². The molecule has 0 aromatic carbocycles. The van der Waals surface area contributed by atoms with E-state index in [2.05, 4.69) is 27.7 Å². The molecule has 1 fully saturated rings. The highest BCUT2D eigenvalue weighted by Gasteiger charge is 2.22. The number of rotatable bonds is 3. The molecule has 0 spiro atoms. The van der Waals surface area contributed by atoms with Crippen molar-refractivity contribution in [2.45, 2.75) is 32.2 Å². The van der Waals surface area contributed by atoms with Gasteiger partial charge in [0.2, 0.25) is 0 Å². The monoisotopic (exact) mass is 304 g/mol. The van der Waals surface area contributed by atoms with Crippen LogP contribution >= 0.6 is 22.6 Å². The van der Waals surface area contributed by atoms with Gasteiger partial charge in [-0.1, -0.05) is 12.8 Å². The van der Waals surface area contributed by atoms with Crippen molar-refractivity contribution < 1.29 is 4.79 Å². The first-order valence-electron chi connectivity index (χ1n) is 4.96. The van der Waals surface area contributed by atoms with E-state index >= 15 is 0 Å². The zero-order valence-corrected chi connectivity index (χ0v) is 10.1. The Hall–Kier alpha value is -0.390. The molecular weight excluding hydrogens is 291 g/mol. The number of halogens is 1. The van der Waals surface area contributed by atoms with E-state index in [1.54, 1.807) is 10.9 Å². The fourth-order valence-corrected chi connectivity index (χ4v) is 2.41. The molecule has 0 unspecified atom stereocenters. The summed E-state index contributed by atoms with van der Waals surface area (Å²) in [5.74, 6) is 0.652. The maximum atomic E-state index is 11.8. The highest BCUT2D eigenvalue weighted by atomic mass is 127. The Balaban J connectivity index is 1.93. The summed E-state index contributed by atoms with van der Waals surface area (Å²) in [6.45, 7) is 0.452. The summed E-state index contributed by atoms with van der Waals surface area (Å²) >= 11 is 2.20. The van der Waals surface area contributed by atoms with Gasteiger partial charge in [-0.2, -0.15) is 5.10 Å². The minimum atomic E-state index is 0.303. The Labute approximate surface area is 97.0 Å². The van der Waals surface area contributed by atoms with E-state index in [9.17, 15) is 4.79 Å². The summed E-state index contributed by atoms with van der Waals surface area (Å²) in [6.07, 6.45) is 8.28. The molecule has 14 heavy (non-hydrogen) atoms. The van der Waals surface area contributed by atoms with Crippen molar-refractivity contribution in [3.05, 3.63) is 16.0 Å². The van der Waals surface area contributed by atoms with E-state index in [1.807, 2.05) is 6.20 Å². The van der Waals surface area contributed by atoms with E-state index in [0.717, 1.165) is 16.4 Å². The van der Waals surface area contributed by atoms with Gasteiger partial charge in [0.15, 0.2) is 5.78 Å². The molecule has 0 radical (unpaired) electrons. The van der Waals surface area contributed by atoms with Crippen LogP contribution in [0.15, 0.2) is 12.4 Å². The van der Waals surface area contributed by atoms with Gasteiger partial charge in [0.25, 0.3) is 0 Å². The Morgan fingerprint density at radius 1 is 1.57 bits per heavy atom. The molecule has 1 aliphatic carbocycles. The summed E-state index contributed by atoms with van der Waals surface area (Å²) in [5.41, 5.74) is 0. The van der Waals surface area contributed by atoms with Crippen molar-refractivity contribution in [1.29, 1.82) is 0 Å². The Bertz CT molecular complexity index is 329. The largest absolute Gasteiger partial charge is 0.297 e. The molecule has 0 bridgehead atoms. The lowest BCUT2D eigenvalue weighted by atomic mass is 10.0. The fourth-order valence-electron chi connectivity index (χ4n) is 1.96. The van der Waals surface area contributed by atoms with Crippen molar-refractivity contribution in [3.8, 4) is 0 Å². The number of Topliss-reactive ketones (excluding diaryl/α,β-unsaturated/α-hetero) is 1. The molecule has 1 aromatic heterocycles. The number of ketones is 1. The Morgan fingerprint density at radius 2 is 2.29 bits per heavy atom. The molecule has 0 atom stereocenters.